The number of imidazole rings is 1. The molecule has 2 aromatic heterocycles. The Kier molecular flexibility index (Phi) is 7.17. The second kappa shape index (κ2) is 12.6. The van der Waals surface area contributed by atoms with Gasteiger partial charge in [0.15, 0.2) is 0 Å². The van der Waals surface area contributed by atoms with Gasteiger partial charge in [0.2, 0.25) is 0 Å². The largest absolute Gasteiger partial charge is 0.292 e. The Labute approximate surface area is 318 Å². The molecule has 11 rings (SSSR count). The molecule has 2 heterocycles. The van der Waals surface area contributed by atoms with Gasteiger partial charge in [-0.25, -0.2) is 4.98 Å². The number of para-hydroxylation sites is 2. The van der Waals surface area contributed by atoms with Crippen molar-refractivity contribution in [2.45, 2.75) is 0 Å². The van der Waals surface area contributed by atoms with Crippen molar-refractivity contribution in [2.24, 2.45) is 0 Å². The molecule has 9 aromatic carbocycles. The molecule has 0 saturated heterocycles. The highest BCUT2D eigenvalue weighted by Crippen LogP contribution is 2.42. The molecule has 0 N–H and O–H groups in total. The van der Waals surface area contributed by atoms with E-state index in [0.29, 0.717) is 0 Å². The molecule has 3 heteroatoms. The Morgan fingerprint density at radius 2 is 1.00 bits per heavy atom. The fourth-order valence-corrected chi connectivity index (χ4v) is 8.48. The van der Waals surface area contributed by atoms with Crippen LogP contribution in [0.15, 0.2) is 200 Å². The molecular weight excluding hydrogens is 667 g/mol. The van der Waals surface area contributed by atoms with E-state index in [-0.39, 0.29) is 0 Å². The highest BCUT2D eigenvalue weighted by molar-refractivity contribution is 6.25. The number of pyridine rings is 1. The maximum absolute atomic E-state index is 5.11. The number of nitrogens with zero attached hydrogens (tertiary/aromatic N) is 3. The highest BCUT2D eigenvalue weighted by Gasteiger charge is 2.17. The lowest BCUT2D eigenvalue weighted by Crippen LogP contribution is -1.97. The first-order valence-corrected chi connectivity index (χ1v) is 18.7. The van der Waals surface area contributed by atoms with Crippen molar-refractivity contribution in [1.82, 2.24) is 14.5 Å². The van der Waals surface area contributed by atoms with Crippen LogP contribution in [0, 0.1) is 0 Å². The summed E-state index contributed by atoms with van der Waals surface area (Å²) < 4.78 is 2.27. The number of benzene rings is 9. The second-order valence-electron chi connectivity index (χ2n) is 14.2. The van der Waals surface area contributed by atoms with Gasteiger partial charge in [0, 0.05) is 28.6 Å². The maximum atomic E-state index is 5.11. The zero-order valence-corrected chi connectivity index (χ0v) is 29.9. The zero-order chi connectivity index (χ0) is 36.3. The van der Waals surface area contributed by atoms with Crippen LogP contribution < -0.4 is 0 Å². The summed E-state index contributed by atoms with van der Waals surface area (Å²) in [6, 6.07) is 69.4. The van der Waals surface area contributed by atoms with Crippen molar-refractivity contribution >= 4 is 54.1 Å². The average molecular weight is 700 g/mol. The predicted molar refractivity (Wildman–Crippen MR) is 231 cm³/mol. The molecule has 0 aliphatic rings. The van der Waals surface area contributed by atoms with E-state index in [1.807, 2.05) is 12.3 Å². The monoisotopic (exact) mass is 699 g/mol. The minimum atomic E-state index is 0.934. The van der Waals surface area contributed by atoms with Crippen LogP contribution in [0.4, 0.5) is 0 Å². The van der Waals surface area contributed by atoms with E-state index in [1.165, 1.54) is 59.8 Å². The van der Waals surface area contributed by atoms with Crippen LogP contribution in [0.3, 0.4) is 0 Å². The van der Waals surface area contributed by atoms with Gasteiger partial charge >= 0.3 is 0 Å². The highest BCUT2D eigenvalue weighted by atomic mass is 15.1. The van der Waals surface area contributed by atoms with Gasteiger partial charge in [-0.15, -0.1) is 0 Å². The lowest BCUT2D eigenvalue weighted by molar-refractivity contribution is 1.10. The first-order chi connectivity index (χ1) is 27.3. The van der Waals surface area contributed by atoms with Gasteiger partial charge in [-0.1, -0.05) is 152 Å². The normalized spacial score (nSPS) is 11.6. The van der Waals surface area contributed by atoms with Gasteiger partial charge < -0.3 is 0 Å². The van der Waals surface area contributed by atoms with Crippen LogP contribution >= 0.6 is 0 Å². The van der Waals surface area contributed by atoms with Crippen molar-refractivity contribution in [2.75, 3.05) is 0 Å². The SMILES string of the molecule is c1ccc(-c2nc3ccccc3n2-c2ccc(-c3cc4cc(-c5ccc(-c6cccc7ccccc67)cn5)c5ccccc5c4c4ccccc34)cc2)cc1. The van der Waals surface area contributed by atoms with Crippen LogP contribution in [0.5, 0.6) is 0 Å². The van der Waals surface area contributed by atoms with Crippen molar-refractivity contribution in [3.8, 4) is 50.6 Å². The Morgan fingerprint density at radius 1 is 0.382 bits per heavy atom. The molecule has 0 unspecified atom stereocenters. The first kappa shape index (κ1) is 31.2. The second-order valence-corrected chi connectivity index (χ2v) is 14.2. The molecule has 0 bridgehead atoms. The summed E-state index contributed by atoms with van der Waals surface area (Å²) >= 11 is 0. The van der Waals surface area contributed by atoms with Crippen LogP contribution in [0.2, 0.25) is 0 Å². The average Bonchev–Trinajstić information content (AvgIpc) is 3.66. The quantitative estimate of drug-likeness (QED) is 0.167. The lowest BCUT2D eigenvalue weighted by Gasteiger charge is -2.16. The summed E-state index contributed by atoms with van der Waals surface area (Å²) in [7, 11) is 0. The zero-order valence-electron chi connectivity index (χ0n) is 29.9. The molecule has 11 aromatic rings. The van der Waals surface area contributed by atoms with Gasteiger partial charge in [0.1, 0.15) is 5.82 Å². The van der Waals surface area contributed by atoms with E-state index in [4.69, 9.17) is 9.97 Å². The van der Waals surface area contributed by atoms with Gasteiger partial charge in [-0.2, -0.15) is 0 Å². The molecule has 0 aliphatic carbocycles. The van der Waals surface area contributed by atoms with Gasteiger partial charge in [-0.3, -0.25) is 9.55 Å². The molecule has 0 spiro atoms. The Morgan fingerprint density at radius 3 is 1.76 bits per heavy atom. The van der Waals surface area contributed by atoms with Crippen LogP contribution in [-0.2, 0) is 0 Å². The molecular formula is C52H33N3. The molecule has 0 fully saturated rings. The predicted octanol–water partition coefficient (Wildman–Crippen LogP) is 13.7. The third-order valence-electron chi connectivity index (χ3n) is 11.0. The Balaban J connectivity index is 1.06. The molecule has 0 aliphatic heterocycles. The van der Waals surface area contributed by atoms with E-state index in [0.717, 1.165) is 44.9 Å². The van der Waals surface area contributed by atoms with Crippen LogP contribution in [0.25, 0.3) is 105 Å². The lowest BCUT2D eigenvalue weighted by atomic mass is 9.88. The molecule has 0 radical (unpaired) electrons. The van der Waals surface area contributed by atoms with E-state index in [9.17, 15) is 0 Å². The molecule has 0 atom stereocenters. The van der Waals surface area contributed by atoms with E-state index in [1.54, 1.807) is 0 Å². The van der Waals surface area contributed by atoms with Crippen molar-refractivity contribution in [1.29, 1.82) is 0 Å². The van der Waals surface area contributed by atoms with E-state index >= 15 is 0 Å². The molecule has 0 saturated carbocycles. The Bertz CT molecular complexity index is 3230. The summed E-state index contributed by atoms with van der Waals surface area (Å²) in [6.45, 7) is 0. The van der Waals surface area contributed by atoms with Gasteiger partial charge in [0.05, 0.1) is 16.7 Å². The van der Waals surface area contributed by atoms with Crippen molar-refractivity contribution in [3.63, 3.8) is 0 Å². The minimum Gasteiger partial charge on any atom is -0.292 e. The topological polar surface area (TPSA) is 30.7 Å². The standard InChI is InChI=1S/C52H33N3/c1-2-14-36(15-3-1)52-54-49-23-10-11-24-50(49)55(52)39-28-25-35(26-29-39)46-31-38-32-47(43-19-7-9-21-45(43)51(38)44-20-8-6-18-42(44)46)48-30-27-37(33-53-48)41-22-12-16-34-13-4-5-17-40(34)41/h1-33H. The van der Waals surface area contributed by atoms with E-state index in [2.05, 4.69) is 193 Å². The third-order valence-corrected chi connectivity index (χ3v) is 11.0. The number of aromatic nitrogens is 3. The number of hydrogen-bond acceptors (Lipinski definition) is 2. The Hall–Kier alpha value is -7.36. The summed E-state index contributed by atoms with van der Waals surface area (Å²) in [6.07, 6.45) is 2.02. The fourth-order valence-electron chi connectivity index (χ4n) is 8.48. The summed E-state index contributed by atoms with van der Waals surface area (Å²) in [5, 5.41) is 9.83. The number of fused-ring (bicyclic) bond motifs is 7. The number of hydrogen-bond donors (Lipinski definition) is 0. The van der Waals surface area contributed by atoms with E-state index < -0.39 is 0 Å². The van der Waals surface area contributed by atoms with Crippen molar-refractivity contribution < 1.29 is 0 Å². The smallest absolute Gasteiger partial charge is 0.145 e. The maximum Gasteiger partial charge on any atom is 0.145 e. The van der Waals surface area contributed by atoms with Crippen molar-refractivity contribution in [3.05, 3.63) is 200 Å². The third kappa shape index (κ3) is 5.13. The van der Waals surface area contributed by atoms with Gasteiger partial charge in [-0.05, 0) is 102 Å². The van der Waals surface area contributed by atoms with Crippen LogP contribution in [0.1, 0.15) is 0 Å². The first-order valence-electron chi connectivity index (χ1n) is 18.7. The molecule has 55 heavy (non-hydrogen) atoms. The summed E-state index contributed by atoms with van der Waals surface area (Å²) in [5.74, 6) is 0.934. The number of rotatable bonds is 5. The summed E-state index contributed by atoms with van der Waals surface area (Å²) in [4.78, 5) is 10.2. The minimum absolute atomic E-state index is 0.934. The molecule has 3 nitrogen and oxygen atoms in total. The van der Waals surface area contributed by atoms with Crippen LogP contribution in [-0.4, -0.2) is 14.5 Å². The van der Waals surface area contributed by atoms with Gasteiger partial charge in [0.25, 0.3) is 0 Å². The molecule has 0 amide bonds. The summed E-state index contributed by atoms with van der Waals surface area (Å²) in [5.41, 5.74) is 11.0. The fraction of sp³-hybridized carbons (Fsp3) is 0. The molecule has 256 valence electrons.